The normalized spacial score (nSPS) is 19.0. The second-order valence-corrected chi connectivity index (χ2v) is 12.3. The summed E-state index contributed by atoms with van der Waals surface area (Å²) in [6.45, 7) is 11.6. The lowest BCUT2D eigenvalue weighted by atomic mass is 9.94. The Labute approximate surface area is 218 Å². The van der Waals surface area contributed by atoms with Crippen molar-refractivity contribution < 1.29 is 8.42 Å². The van der Waals surface area contributed by atoms with E-state index in [9.17, 15) is 8.42 Å². The number of anilines is 2. The molecule has 192 valence electrons. The standard InChI is InChI=1S/C27H35N5O2S2/c1-5-31(6-2)24-12-10-22(11-13-24)16-28-30-27-29-26(19-35-27)23-8-7-9-25(15-23)36(33,34)32-17-20(3)14-21(4)18-32/h7-13,15-16,19-21H,5-6,14,17-18H2,1-4H3,(H,29,30)/b28-16+. The van der Waals surface area contributed by atoms with E-state index in [1.165, 1.54) is 17.0 Å². The summed E-state index contributed by atoms with van der Waals surface area (Å²) in [7, 11) is -3.54. The monoisotopic (exact) mass is 525 g/mol. The molecule has 2 unspecified atom stereocenters. The molecule has 1 saturated heterocycles. The van der Waals surface area contributed by atoms with Crippen molar-refractivity contribution in [2.45, 2.75) is 39.0 Å². The summed E-state index contributed by atoms with van der Waals surface area (Å²) in [6, 6.07) is 15.3. The third kappa shape index (κ3) is 6.14. The van der Waals surface area contributed by atoms with Crippen LogP contribution in [-0.4, -0.2) is 50.1 Å². The van der Waals surface area contributed by atoms with Gasteiger partial charge in [-0.3, -0.25) is 5.43 Å². The van der Waals surface area contributed by atoms with Crippen LogP contribution in [0.4, 0.5) is 10.8 Å². The maximum Gasteiger partial charge on any atom is 0.243 e. The summed E-state index contributed by atoms with van der Waals surface area (Å²) in [6.07, 6.45) is 2.83. The van der Waals surface area contributed by atoms with E-state index in [-0.39, 0.29) is 0 Å². The van der Waals surface area contributed by atoms with Gasteiger partial charge in [-0.05, 0) is 61.9 Å². The van der Waals surface area contributed by atoms with Crippen molar-refractivity contribution in [3.05, 3.63) is 59.5 Å². The Morgan fingerprint density at radius 2 is 1.81 bits per heavy atom. The number of thiazole rings is 1. The first-order valence-corrected chi connectivity index (χ1v) is 14.8. The number of aromatic nitrogens is 1. The number of hydrazone groups is 1. The number of hydrogen-bond donors (Lipinski definition) is 1. The largest absolute Gasteiger partial charge is 0.372 e. The zero-order chi connectivity index (χ0) is 25.7. The highest BCUT2D eigenvalue weighted by atomic mass is 32.2. The van der Waals surface area contributed by atoms with Crippen molar-refractivity contribution >= 4 is 38.4 Å². The molecule has 0 spiro atoms. The molecule has 1 aliphatic rings. The molecular weight excluding hydrogens is 490 g/mol. The zero-order valence-corrected chi connectivity index (χ0v) is 23.0. The van der Waals surface area contributed by atoms with Crippen molar-refractivity contribution in [1.82, 2.24) is 9.29 Å². The van der Waals surface area contributed by atoms with E-state index in [0.29, 0.717) is 35.0 Å². The first-order valence-electron chi connectivity index (χ1n) is 12.5. The molecule has 2 aromatic carbocycles. The van der Waals surface area contributed by atoms with Gasteiger partial charge in [0.2, 0.25) is 15.2 Å². The Hall–Kier alpha value is -2.75. The molecule has 2 heterocycles. The van der Waals surface area contributed by atoms with E-state index in [2.05, 4.69) is 60.2 Å². The van der Waals surface area contributed by atoms with Crippen LogP contribution in [-0.2, 0) is 10.0 Å². The second kappa shape index (κ2) is 11.5. The number of rotatable bonds is 9. The molecule has 0 bridgehead atoms. The summed E-state index contributed by atoms with van der Waals surface area (Å²) < 4.78 is 28.2. The summed E-state index contributed by atoms with van der Waals surface area (Å²) in [5.74, 6) is 0.722. The lowest BCUT2D eigenvalue weighted by Crippen LogP contribution is -2.42. The third-order valence-electron chi connectivity index (χ3n) is 6.50. The van der Waals surface area contributed by atoms with Crippen LogP contribution in [0.25, 0.3) is 11.3 Å². The minimum Gasteiger partial charge on any atom is -0.372 e. The van der Waals surface area contributed by atoms with E-state index in [1.54, 1.807) is 28.7 Å². The van der Waals surface area contributed by atoms with Gasteiger partial charge < -0.3 is 4.90 Å². The molecule has 4 rings (SSSR count). The fourth-order valence-electron chi connectivity index (χ4n) is 4.75. The predicted molar refractivity (Wildman–Crippen MR) is 150 cm³/mol. The van der Waals surface area contributed by atoms with Crippen LogP contribution in [0, 0.1) is 11.8 Å². The van der Waals surface area contributed by atoms with Crippen LogP contribution in [0.2, 0.25) is 0 Å². The molecule has 0 amide bonds. The number of hydrogen-bond acceptors (Lipinski definition) is 7. The predicted octanol–water partition coefficient (Wildman–Crippen LogP) is 5.77. The van der Waals surface area contributed by atoms with Gasteiger partial charge in [-0.15, -0.1) is 11.3 Å². The Morgan fingerprint density at radius 3 is 2.47 bits per heavy atom. The average Bonchev–Trinajstić information content (AvgIpc) is 3.34. The van der Waals surface area contributed by atoms with Gasteiger partial charge in [0.15, 0.2) is 0 Å². The van der Waals surface area contributed by atoms with Crippen molar-refractivity contribution in [2.24, 2.45) is 16.9 Å². The van der Waals surface area contributed by atoms with E-state index in [4.69, 9.17) is 0 Å². The number of nitrogens with one attached hydrogen (secondary N) is 1. The molecule has 1 aliphatic heterocycles. The summed E-state index contributed by atoms with van der Waals surface area (Å²) in [5, 5.41) is 6.88. The minimum atomic E-state index is -3.54. The van der Waals surface area contributed by atoms with Gasteiger partial charge in [0.25, 0.3) is 0 Å². The molecular formula is C27H35N5O2S2. The van der Waals surface area contributed by atoms with Crippen molar-refractivity contribution in [3.8, 4) is 11.3 Å². The maximum absolute atomic E-state index is 13.3. The molecule has 0 radical (unpaired) electrons. The molecule has 36 heavy (non-hydrogen) atoms. The average molecular weight is 526 g/mol. The fraction of sp³-hybridized carbons (Fsp3) is 0.407. The molecule has 1 N–H and O–H groups in total. The number of sulfonamides is 1. The van der Waals surface area contributed by atoms with E-state index in [1.807, 2.05) is 23.6 Å². The number of piperidine rings is 1. The van der Waals surface area contributed by atoms with Gasteiger partial charge in [-0.25, -0.2) is 13.4 Å². The second-order valence-electron chi connectivity index (χ2n) is 9.47. The van der Waals surface area contributed by atoms with Crippen LogP contribution < -0.4 is 10.3 Å². The van der Waals surface area contributed by atoms with Gasteiger partial charge >= 0.3 is 0 Å². The lowest BCUT2D eigenvalue weighted by molar-refractivity contribution is 0.222. The van der Waals surface area contributed by atoms with Gasteiger partial charge in [0.05, 0.1) is 16.8 Å². The van der Waals surface area contributed by atoms with E-state index >= 15 is 0 Å². The number of benzene rings is 2. The molecule has 7 nitrogen and oxygen atoms in total. The Balaban J connectivity index is 1.43. The van der Waals surface area contributed by atoms with Gasteiger partial charge in [0, 0.05) is 42.8 Å². The molecule has 2 atom stereocenters. The van der Waals surface area contributed by atoms with Crippen molar-refractivity contribution in [3.63, 3.8) is 0 Å². The highest BCUT2D eigenvalue weighted by molar-refractivity contribution is 7.89. The van der Waals surface area contributed by atoms with Crippen molar-refractivity contribution in [1.29, 1.82) is 0 Å². The molecule has 1 fully saturated rings. The smallest absolute Gasteiger partial charge is 0.243 e. The first-order chi connectivity index (χ1) is 17.3. The highest BCUT2D eigenvalue weighted by Crippen LogP contribution is 2.30. The van der Waals surface area contributed by atoms with Crippen LogP contribution >= 0.6 is 11.3 Å². The van der Waals surface area contributed by atoms with Crippen LogP contribution in [0.1, 0.15) is 39.7 Å². The SMILES string of the molecule is CCN(CC)c1ccc(/C=N/Nc2nc(-c3cccc(S(=O)(=O)N4CC(C)CC(C)C4)c3)cs2)cc1. The minimum absolute atomic E-state index is 0.315. The summed E-state index contributed by atoms with van der Waals surface area (Å²) >= 11 is 1.43. The molecule has 1 aromatic heterocycles. The summed E-state index contributed by atoms with van der Waals surface area (Å²) in [5.41, 5.74) is 6.68. The first kappa shape index (κ1) is 26.3. The van der Waals surface area contributed by atoms with Crippen molar-refractivity contribution in [2.75, 3.05) is 36.5 Å². The van der Waals surface area contributed by atoms with Gasteiger partial charge in [-0.1, -0.05) is 38.1 Å². The van der Waals surface area contributed by atoms with Gasteiger partial charge in [-0.2, -0.15) is 9.41 Å². The van der Waals surface area contributed by atoms with E-state index < -0.39 is 10.0 Å². The van der Waals surface area contributed by atoms with E-state index in [0.717, 1.165) is 36.3 Å². The third-order valence-corrected chi connectivity index (χ3v) is 9.08. The Morgan fingerprint density at radius 1 is 1.11 bits per heavy atom. The van der Waals surface area contributed by atoms with Crippen LogP contribution in [0.3, 0.4) is 0 Å². The molecule has 3 aromatic rings. The van der Waals surface area contributed by atoms with Crippen LogP contribution in [0.5, 0.6) is 0 Å². The molecule has 0 aliphatic carbocycles. The molecule has 0 saturated carbocycles. The number of nitrogens with zero attached hydrogens (tertiary/aromatic N) is 4. The Bertz CT molecular complexity index is 1270. The summed E-state index contributed by atoms with van der Waals surface area (Å²) in [4.78, 5) is 7.22. The zero-order valence-electron chi connectivity index (χ0n) is 21.4. The highest BCUT2D eigenvalue weighted by Gasteiger charge is 2.31. The maximum atomic E-state index is 13.3. The van der Waals surface area contributed by atoms with Gasteiger partial charge in [0.1, 0.15) is 0 Å². The molecule has 9 heteroatoms. The lowest BCUT2D eigenvalue weighted by Gasteiger charge is -2.34. The topological polar surface area (TPSA) is 77.9 Å². The quantitative estimate of drug-likeness (QED) is 0.283. The van der Waals surface area contributed by atoms with Crippen LogP contribution in [0.15, 0.2) is 63.9 Å². The Kier molecular flexibility index (Phi) is 8.43. The fourth-order valence-corrected chi connectivity index (χ4v) is 7.14.